The van der Waals surface area contributed by atoms with Crippen LogP contribution in [0.4, 0.5) is 5.69 Å². The first-order valence-electron chi connectivity index (χ1n) is 7.89. The molecule has 0 spiro atoms. The van der Waals surface area contributed by atoms with Crippen LogP contribution in [0.2, 0.25) is 0 Å². The Morgan fingerprint density at radius 3 is 2.79 bits per heavy atom. The zero-order valence-electron chi connectivity index (χ0n) is 13.8. The van der Waals surface area contributed by atoms with Crippen LogP contribution in [0.1, 0.15) is 16.1 Å². The third-order valence-corrected chi connectivity index (χ3v) is 4.08. The molecule has 1 aliphatic rings. The van der Waals surface area contributed by atoms with E-state index in [9.17, 15) is 9.59 Å². The minimum Gasteiger partial charge on any atom is -0.464 e. The smallest absolute Gasteiger partial charge is 0.356 e. The van der Waals surface area contributed by atoms with Crippen molar-refractivity contribution in [3.63, 3.8) is 0 Å². The van der Waals surface area contributed by atoms with Gasteiger partial charge in [0.15, 0.2) is 0 Å². The third kappa shape index (κ3) is 3.42. The number of ether oxygens (including phenoxy) is 2. The zero-order valence-corrected chi connectivity index (χ0v) is 13.8. The van der Waals surface area contributed by atoms with Gasteiger partial charge >= 0.3 is 5.97 Å². The molecular weight excluding hydrogens is 310 g/mol. The first-order chi connectivity index (χ1) is 11.6. The average Bonchev–Trinajstić information content (AvgIpc) is 2.93. The molecular formula is C17H21N3O4. The summed E-state index contributed by atoms with van der Waals surface area (Å²) in [7, 11) is 1.32. The number of amides is 1. The van der Waals surface area contributed by atoms with Gasteiger partial charge in [-0.1, -0.05) is 11.6 Å². The fraction of sp³-hybridized carbons (Fsp3) is 0.412. The molecule has 1 amide bonds. The number of nitrogens with one attached hydrogen (secondary N) is 2. The Balaban J connectivity index is 1.87. The number of aromatic amines is 1. The summed E-state index contributed by atoms with van der Waals surface area (Å²) in [4.78, 5) is 29.5. The lowest BCUT2D eigenvalue weighted by Gasteiger charge is -2.25. The van der Waals surface area contributed by atoms with Gasteiger partial charge in [0.25, 0.3) is 0 Å². The van der Waals surface area contributed by atoms with Crippen molar-refractivity contribution in [3.05, 3.63) is 29.5 Å². The average molecular weight is 331 g/mol. The number of fused-ring (bicyclic) bond motifs is 1. The first kappa shape index (κ1) is 16.5. The van der Waals surface area contributed by atoms with Crippen LogP contribution in [0, 0.1) is 6.92 Å². The normalized spacial score (nSPS) is 15.4. The molecule has 1 fully saturated rings. The van der Waals surface area contributed by atoms with Crippen LogP contribution in [0.3, 0.4) is 0 Å². The second-order valence-electron chi connectivity index (χ2n) is 5.85. The van der Waals surface area contributed by atoms with Crippen LogP contribution in [0.15, 0.2) is 18.2 Å². The molecule has 2 aromatic rings. The number of nitrogens with zero attached hydrogens (tertiary/aromatic N) is 1. The molecule has 0 unspecified atom stereocenters. The Bertz CT molecular complexity index is 763. The van der Waals surface area contributed by atoms with Crippen LogP contribution in [-0.2, 0) is 14.3 Å². The molecule has 24 heavy (non-hydrogen) atoms. The lowest BCUT2D eigenvalue weighted by Crippen LogP contribution is -2.41. The van der Waals surface area contributed by atoms with Gasteiger partial charge in [0, 0.05) is 24.0 Å². The number of rotatable bonds is 4. The number of carbonyl (C=O) groups is 2. The summed E-state index contributed by atoms with van der Waals surface area (Å²) in [6.45, 7) is 4.94. The van der Waals surface area contributed by atoms with Crippen molar-refractivity contribution in [1.82, 2.24) is 9.88 Å². The predicted octanol–water partition coefficient (Wildman–Crippen LogP) is 1.53. The molecule has 128 valence electrons. The van der Waals surface area contributed by atoms with Crippen LogP contribution >= 0.6 is 0 Å². The fourth-order valence-corrected chi connectivity index (χ4v) is 2.83. The Labute approximate surface area is 139 Å². The van der Waals surface area contributed by atoms with Gasteiger partial charge < -0.3 is 19.8 Å². The summed E-state index contributed by atoms with van der Waals surface area (Å²) >= 11 is 0. The summed E-state index contributed by atoms with van der Waals surface area (Å²) in [5.74, 6) is -0.671. The summed E-state index contributed by atoms with van der Waals surface area (Å²) < 4.78 is 10.1. The summed E-state index contributed by atoms with van der Waals surface area (Å²) in [5, 5.41) is 3.67. The van der Waals surface area contributed by atoms with Gasteiger partial charge in [0.2, 0.25) is 5.91 Å². The molecule has 2 heterocycles. The quantitative estimate of drug-likeness (QED) is 0.830. The van der Waals surface area contributed by atoms with Crippen LogP contribution in [0.25, 0.3) is 10.9 Å². The third-order valence-electron chi connectivity index (χ3n) is 4.08. The van der Waals surface area contributed by atoms with Crippen molar-refractivity contribution in [2.45, 2.75) is 6.92 Å². The fourth-order valence-electron chi connectivity index (χ4n) is 2.83. The van der Waals surface area contributed by atoms with Crippen molar-refractivity contribution >= 4 is 28.5 Å². The molecule has 0 atom stereocenters. The number of hydrogen-bond acceptors (Lipinski definition) is 5. The molecule has 2 N–H and O–H groups in total. The molecule has 1 aromatic heterocycles. The molecule has 1 aromatic carbocycles. The number of hydrogen-bond donors (Lipinski definition) is 2. The lowest BCUT2D eigenvalue weighted by atomic mass is 10.1. The van der Waals surface area contributed by atoms with Gasteiger partial charge in [0.1, 0.15) is 5.69 Å². The predicted molar refractivity (Wildman–Crippen MR) is 90.3 cm³/mol. The van der Waals surface area contributed by atoms with Crippen LogP contribution in [0.5, 0.6) is 0 Å². The first-order valence-corrected chi connectivity index (χ1v) is 7.89. The van der Waals surface area contributed by atoms with Gasteiger partial charge in [0.05, 0.1) is 32.6 Å². The molecule has 0 aliphatic carbocycles. The SMILES string of the molecule is COC(=O)c1[nH]c2ccc(C)cc2c1NC(=O)CN1CCOCC1. The zero-order chi connectivity index (χ0) is 17.1. The highest BCUT2D eigenvalue weighted by Gasteiger charge is 2.21. The standard InChI is InChI=1S/C17H21N3O4/c1-11-3-4-13-12(9-11)15(16(18-13)17(22)23-2)19-14(21)10-20-5-7-24-8-6-20/h3-4,9,18H,5-8,10H2,1-2H3,(H,19,21). The van der Waals surface area contributed by atoms with Crippen molar-refractivity contribution in [3.8, 4) is 0 Å². The highest BCUT2D eigenvalue weighted by Crippen LogP contribution is 2.29. The maximum Gasteiger partial charge on any atom is 0.356 e. The van der Waals surface area contributed by atoms with E-state index in [2.05, 4.69) is 10.3 Å². The molecule has 1 saturated heterocycles. The Morgan fingerprint density at radius 2 is 2.08 bits per heavy atom. The van der Waals surface area contributed by atoms with Gasteiger partial charge in [-0.25, -0.2) is 4.79 Å². The maximum atomic E-state index is 12.4. The van der Waals surface area contributed by atoms with E-state index >= 15 is 0 Å². The highest BCUT2D eigenvalue weighted by molar-refractivity contribution is 6.11. The minimum atomic E-state index is -0.509. The molecule has 7 heteroatoms. The number of esters is 1. The monoisotopic (exact) mass is 331 g/mol. The number of carbonyl (C=O) groups excluding carboxylic acids is 2. The van der Waals surface area contributed by atoms with E-state index in [1.807, 2.05) is 30.0 Å². The van der Waals surface area contributed by atoms with E-state index in [1.165, 1.54) is 7.11 Å². The van der Waals surface area contributed by atoms with Gasteiger partial charge in [-0.15, -0.1) is 0 Å². The number of aromatic nitrogens is 1. The lowest BCUT2D eigenvalue weighted by molar-refractivity contribution is -0.118. The molecule has 0 bridgehead atoms. The molecule has 1 aliphatic heterocycles. The Morgan fingerprint density at radius 1 is 1.33 bits per heavy atom. The summed E-state index contributed by atoms with van der Waals surface area (Å²) in [6, 6.07) is 5.76. The number of aryl methyl sites for hydroxylation is 1. The largest absolute Gasteiger partial charge is 0.464 e. The molecule has 0 saturated carbocycles. The Hall–Kier alpha value is -2.38. The van der Waals surface area contributed by atoms with Gasteiger partial charge in [-0.05, 0) is 19.1 Å². The molecule has 7 nitrogen and oxygen atoms in total. The van der Waals surface area contributed by atoms with Crippen LogP contribution < -0.4 is 5.32 Å². The second-order valence-corrected chi connectivity index (χ2v) is 5.85. The number of methoxy groups -OCH3 is 1. The summed E-state index contributed by atoms with van der Waals surface area (Å²) in [6.07, 6.45) is 0. The van der Waals surface area contributed by atoms with Crippen molar-refractivity contribution in [1.29, 1.82) is 0 Å². The topological polar surface area (TPSA) is 83.7 Å². The van der Waals surface area contributed by atoms with E-state index in [1.54, 1.807) is 0 Å². The van der Waals surface area contributed by atoms with E-state index in [0.717, 1.165) is 29.6 Å². The molecule has 3 rings (SSSR count). The number of morpholine rings is 1. The van der Waals surface area contributed by atoms with Crippen molar-refractivity contribution in [2.75, 3.05) is 45.3 Å². The maximum absolute atomic E-state index is 12.4. The van der Waals surface area contributed by atoms with Crippen molar-refractivity contribution in [2.24, 2.45) is 0 Å². The second kappa shape index (κ2) is 7.02. The minimum absolute atomic E-state index is 0.163. The van der Waals surface area contributed by atoms with Gasteiger partial charge in [-0.2, -0.15) is 0 Å². The number of benzene rings is 1. The molecule has 0 radical (unpaired) electrons. The van der Waals surface area contributed by atoms with E-state index in [4.69, 9.17) is 9.47 Å². The summed E-state index contributed by atoms with van der Waals surface area (Å²) in [5.41, 5.74) is 2.55. The van der Waals surface area contributed by atoms with E-state index in [0.29, 0.717) is 18.9 Å². The number of H-pyrrole nitrogens is 1. The van der Waals surface area contributed by atoms with Crippen LogP contribution in [-0.4, -0.2) is 61.7 Å². The number of anilines is 1. The van der Waals surface area contributed by atoms with E-state index < -0.39 is 5.97 Å². The Kier molecular flexibility index (Phi) is 4.82. The van der Waals surface area contributed by atoms with Crippen molar-refractivity contribution < 1.29 is 19.1 Å². The highest BCUT2D eigenvalue weighted by atomic mass is 16.5. The van der Waals surface area contributed by atoms with Gasteiger partial charge in [-0.3, -0.25) is 9.69 Å². The van der Waals surface area contributed by atoms with E-state index in [-0.39, 0.29) is 18.1 Å².